The number of rotatable bonds is 13. The lowest BCUT2D eigenvalue weighted by atomic mass is 9.98. The highest BCUT2D eigenvalue weighted by Gasteiger charge is 2.32. The minimum Gasteiger partial charge on any atom is -0.480 e. The number of hydrogen-bond acceptors (Lipinski definition) is 6. The van der Waals surface area contributed by atoms with Gasteiger partial charge < -0.3 is 31.8 Å². The fourth-order valence-corrected chi connectivity index (χ4v) is 3.25. The van der Waals surface area contributed by atoms with Crippen molar-refractivity contribution in [2.75, 3.05) is 0 Å². The maximum Gasteiger partial charge on any atom is 0.326 e. The van der Waals surface area contributed by atoms with Crippen LogP contribution < -0.4 is 21.7 Å². The molecule has 0 bridgehead atoms. The molecule has 4 unspecified atom stereocenters. The summed E-state index contributed by atoms with van der Waals surface area (Å²) >= 11 is 0. The normalized spacial score (nSPS) is 15.1. The third-order valence-corrected chi connectivity index (χ3v) is 5.15. The number of nitrogens with one attached hydrogen (secondary N) is 4. The molecule has 0 aromatic carbocycles. The van der Waals surface area contributed by atoms with Crippen LogP contribution in [0.5, 0.6) is 0 Å². The summed E-state index contributed by atoms with van der Waals surface area (Å²) in [5.41, 5.74) is 6.66. The van der Waals surface area contributed by atoms with Crippen LogP contribution in [0.2, 0.25) is 0 Å². The Morgan fingerprint density at radius 2 is 1.52 bits per heavy atom. The Morgan fingerprint density at radius 1 is 0.939 bits per heavy atom. The lowest BCUT2D eigenvalue weighted by molar-refractivity contribution is -0.143. The van der Waals surface area contributed by atoms with E-state index < -0.39 is 47.9 Å². The van der Waals surface area contributed by atoms with Crippen LogP contribution in [0.3, 0.4) is 0 Å². The molecule has 0 radical (unpaired) electrons. The third-order valence-electron chi connectivity index (χ3n) is 5.15. The Morgan fingerprint density at radius 3 is 1.97 bits per heavy atom. The number of aromatic amines is 1. The number of amides is 3. The summed E-state index contributed by atoms with van der Waals surface area (Å²) in [6.07, 6.45) is 3.58. The van der Waals surface area contributed by atoms with Crippen molar-refractivity contribution in [3.05, 3.63) is 18.2 Å². The molecule has 0 aliphatic carbocycles. The molecule has 0 aliphatic heterocycles. The van der Waals surface area contributed by atoms with E-state index in [-0.39, 0.29) is 24.2 Å². The van der Waals surface area contributed by atoms with Gasteiger partial charge in [0.15, 0.2) is 0 Å². The standard InChI is InChI=1S/C22H38N6O5/c1-11(2)7-16(20(30)28-18(13(5)6)22(32)33)26-21(31)17(12(3)4)27-19(29)15(23)8-14-9-24-10-25-14/h9-13,15-18H,7-8,23H2,1-6H3,(H,24,25)(H,26,31)(H,27,29)(H,28,30)(H,32,33). The Labute approximate surface area is 194 Å². The molecule has 1 aromatic heterocycles. The molecule has 7 N–H and O–H groups in total. The van der Waals surface area contributed by atoms with Gasteiger partial charge in [-0.1, -0.05) is 41.5 Å². The first-order valence-electron chi connectivity index (χ1n) is 11.2. The van der Waals surface area contributed by atoms with Gasteiger partial charge >= 0.3 is 5.97 Å². The highest BCUT2D eigenvalue weighted by molar-refractivity contribution is 5.94. The van der Waals surface area contributed by atoms with Gasteiger partial charge in [0, 0.05) is 18.3 Å². The molecular weight excluding hydrogens is 428 g/mol. The molecule has 11 nitrogen and oxygen atoms in total. The zero-order chi connectivity index (χ0) is 25.3. The van der Waals surface area contributed by atoms with E-state index in [0.717, 1.165) is 0 Å². The fraction of sp³-hybridized carbons (Fsp3) is 0.682. The second-order valence-electron chi connectivity index (χ2n) is 9.38. The molecule has 0 saturated carbocycles. The summed E-state index contributed by atoms with van der Waals surface area (Å²) in [5, 5.41) is 17.2. The molecule has 1 aromatic rings. The van der Waals surface area contributed by atoms with Crippen molar-refractivity contribution in [1.29, 1.82) is 0 Å². The van der Waals surface area contributed by atoms with Gasteiger partial charge in [-0.15, -0.1) is 0 Å². The monoisotopic (exact) mass is 466 g/mol. The Kier molecular flexibility index (Phi) is 11.0. The average molecular weight is 467 g/mol. The molecule has 3 amide bonds. The number of carbonyl (C=O) groups is 4. The van der Waals surface area contributed by atoms with Gasteiger partial charge in [-0.2, -0.15) is 0 Å². The maximum absolute atomic E-state index is 13.0. The fourth-order valence-electron chi connectivity index (χ4n) is 3.25. The second-order valence-corrected chi connectivity index (χ2v) is 9.38. The van der Waals surface area contributed by atoms with Crippen molar-refractivity contribution >= 4 is 23.7 Å². The van der Waals surface area contributed by atoms with E-state index >= 15 is 0 Å². The molecule has 11 heteroatoms. The van der Waals surface area contributed by atoms with Gasteiger partial charge in [0.25, 0.3) is 0 Å². The Hall–Kier alpha value is -2.95. The van der Waals surface area contributed by atoms with Crippen molar-refractivity contribution in [2.24, 2.45) is 23.5 Å². The van der Waals surface area contributed by atoms with E-state index in [1.54, 1.807) is 33.9 Å². The lowest BCUT2D eigenvalue weighted by Gasteiger charge is -2.28. The van der Waals surface area contributed by atoms with E-state index in [2.05, 4.69) is 25.9 Å². The number of nitrogens with zero attached hydrogens (tertiary/aromatic N) is 1. The van der Waals surface area contributed by atoms with E-state index in [9.17, 15) is 24.3 Å². The van der Waals surface area contributed by atoms with Crippen molar-refractivity contribution in [1.82, 2.24) is 25.9 Å². The molecule has 0 spiro atoms. The summed E-state index contributed by atoms with van der Waals surface area (Å²) < 4.78 is 0. The number of carboxylic acid groups (broad SMARTS) is 1. The van der Waals surface area contributed by atoms with Crippen LogP contribution in [0.15, 0.2) is 12.5 Å². The molecular formula is C22H38N6O5. The van der Waals surface area contributed by atoms with Gasteiger partial charge in [0.2, 0.25) is 17.7 Å². The predicted molar refractivity (Wildman–Crippen MR) is 123 cm³/mol. The molecule has 1 heterocycles. The number of aliphatic carboxylic acids is 1. The molecule has 0 aliphatic rings. The minimum atomic E-state index is -1.15. The average Bonchev–Trinajstić information content (AvgIpc) is 3.20. The van der Waals surface area contributed by atoms with Crippen molar-refractivity contribution in [3.63, 3.8) is 0 Å². The molecule has 186 valence electrons. The highest BCUT2D eigenvalue weighted by Crippen LogP contribution is 2.10. The minimum absolute atomic E-state index is 0.0540. The van der Waals surface area contributed by atoms with Crippen LogP contribution in [0.25, 0.3) is 0 Å². The van der Waals surface area contributed by atoms with Gasteiger partial charge in [0.05, 0.1) is 12.4 Å². The summed E-state index contributed by atoms with van der Waals surface area (Å²) in [7, 11) is 0. The number of nitrogens with two attached hydrogens (primary N) is 1. The molecule has 33 heavy (non-hydrogen) atoms. The van der Waals surface area contributed by atoms with Crippen LogP contribution in [-0.2, 0) is 25.6 Å². The smallest absolute Gasteiger partial charge is 0.326 e. The summed E-state index contributed by atoms with van der Waals surface area (Å²) in [6.45, 7) is 10.7. The van der Waals surface area contributed by atoms with Crippen LogP contribution in [0, 0.1) is 17.8 Å². The van der Waals surface area contributed by atoms with Crippen molar-refractivity contribution < 1.29 is 24.3 Å². The number of H-pyrrole nitrogens is 1. The molecule has 0 fully saturated rings. The maximum atomic E-state index is 13.0. The van der Waals surface area contributed by atoms with Gasteiger partial charge in [-0.25, -0.2) is 9.78 Å². The van der Waals surface area contributed by atoms with Crippen LogP contribution in [0.1, 0.15) is 53.7 Å². The van der Waals surface area contributed by atoms with Gasteiger partial charge in [-0.05, 0) is 24.2 Å². The first-order chi connectivity index (χ1) is 15.3. The van der Waals surface area contributed by atoms with E-state index in [1.165, 1.54) is 6.33 Å². The Bertz CT molecular complexity index is 793. The van der Waals surface area contributed by atoms with E-state index in [4.69, 9.17) is 5.73 Å². The number of carbonyl (C=O) groups excluding carboxylic acids is 3. The lowest BCUT2D eigenvalue weighted by Crippen LogP contribution is -2.59. The zero-order valence-corrected chi connectivity index (χ0v) is 20.2. The number of carboxylic acids is 1. The number of aromatic nitrogens is 2. The topological polar surface area (TPSA) is 179 Å². The largest absolute Gasteiger partial charge is 0.480 e. The highest BCUT2D eigenvalue weighted by atomic mass is 16.4. The molecule has 1 rings (SSSR count). The number of imidazole rings is 1. The predicted octanol–water partition coefficient (Wildman–Crippen LogP) is 0.177. The summed E-state index contributed by atoms with van der Waals surface area (Å²) in [6, 6.07) is -3.84. The summed E-state index contributed by atoms with van der Waals surface area (Å²) in [4.78, 5) is 56.7. The second kappa shape index (κ2) is 12.9. The van der Waals surface area contributed by atoms with Crippen molar-refractivity contribution in [3.8, 4) is 0 Å². The van der Waals surface area contributed by atoms with Crippen molar-refractivity contribution in [2.45, 2.75) is 78.6 Å². The SMILES string of the molecule is CC(C)CC(NC(=O)C(NC(=O)C(N)Cc1cnc[nH]1)C(C)C)C(=O)NC(C(=O)O)C(C)C. The van der Waals surface area contributed by atoms with Crippen LogP contribution in [-0.4, -0.2) is 62.9 Å². The van der Waals surface area contributed by atoms with Crippen LogP contribution in [0.4, 0.5) is 0 Å². The first-order valence-corrected chi connectivity index (χ1v) is 11.2. The van der Waals surface area contributed by atoms with Gasteiger partial charge in [-0.3, -0.25) is 14.4 Å². The van der Waals surface area contributed by atoms with E-state index in [0.29, 0.717) is 12.1 Å². The van der Waals surface area contributed by atoms with E-state index in [1.807, 2.05) is 13.8 Å². The van der Waals surface area contributed by atoms with Gasteiger partial charge in [0.1, 0.15) is 18.1 Å². The molecule has 0 saturated heterocycles. The molecule has 4 atom stereocenters. The zero-order valence-electron chi connectivity index (χ0n) is 20.2. The Balaban J connectivity index is 2.90. The quantitative estimate of drug-likeness (QED) is 0.240. The third kappa shape index (κ3) is 9.21. The first kappa shape index (κ1) is 28.1. The van der Waals surface area contributed by atoms with Crippen LogP contribution >= 0.6 is 0 Å². The summed E-state index contributed by atoms with van der Waals surface area (Å²) in [5.74, 6) is -3.33. The number of hydrogen-bond donors (Lipinski definition) is 6.